The van der Waals surface area contributed by atoms with Crippen molar-refractivity contribution in [2.45, 2.75) is 18.9 Å². The third kappa shape index (κ3) is 3.14. The fourth-order valence-corrected chi connectivity index (χ4v) is 1.77. The number of amides is 1. The summed E-state index contributed by atoms with van der Waals surface area (Å²) in [6, 6.07) is 1.16. The maximum Gasteiger partial charge on any atom is 0.241 e. The van der Waals surface area contributed by atoms with Gasteiger partial charge in [-0.05, 0) is 19.4 Å². The van der Waals surface area contributed by atoms with Crippen molar-refractivity contribution in [1.82, 2.24) is 5.32 Å². The van der Waals surface area contributed by atoms with Crippen molar-refractivity contribution >= 4 is 24.0 Å². The quantitative estimate of drug-likeness (QED) is 0.816. The average molecular weight is 281 g/mol. The van der Waals surface area contributed by atoms with E-state index in [1.165, 1.54) is 0 Å². The number of benzene rings is 1. The van der Waals surface area contributed by atoms with Crippen molar-refractivity contribution < 1.29 is 18.0 Å². The lowest BCUT2D eigenvalue weighted by Crippen LogP contribution is -2.35. The van der Waals surface area contributed by atoms with Crippen LogP contribution in [-0.4, -0.2) is 18.5 Å². The first-order chi connectivity index (χ1) is 8.08. The summed E-state index contributed by atoms with van der Waals surface area (Å²) in [5.74, 6) is -4.55. The summed E-state index contributed by atoms with van der Waals surface area (Å²) in [6.07, 6.45) is 1.56. The number of carbonyl (C=O) groups is 1. The van der Waals surface area contributed by atoms with Gasteiger partial charge in [0.05, 0.1) is 6.04 Å². The zero-order chi connectivity index (χ0) is 12.4. The second-order valence-electron chi connectivity index (χ2n) is 3.89. The molecule has 1 aliphatic rings. The van der Waals surface area contributed by atoms with Gasteiger partial charge in [0, 0.05) is 17.8 Å². The minimum Gasteiger partial charge on any atom is -0.325 e. The Balaban J connectivity index is 0.00000162. The van der Waals surface area contributed by atoms with Crippen LogP contribution in [0.15, 0.2) is 12.1 Å². The van der Waals surface area contributed by atoms with Gasteiger partial charge in [-0.3, -0.25) is 4.79 Å². The molecule has 0 aliphatic carbocycles. The smallest absolute Gasteiger partial charge is 0.241 e. The molecule has 1 atom stereocenters. The number of hydrogen-bond acceptors (Lipinski definition) is 2. The molecule has 1 aromatic carbocycles. The Morgan fingerprint density at radius 1 is 1.28 bits per heavy atom. The van der Waals surface area contributed by atoms with Gasteiger partial charge in [0.15, 0.2) is 17.5 Å². The van der Waals surface area contributed by atoms with Gasteiger partial charge in [-0.2, -0.15) is 0 Å². The van der Waals surface area contributed by atoms with E-state index >= 15 is 0 Å². The van der Waals surface area contributed by atoms with Crippen LogP contribution in [0, 0.1) is 17.5 Å². The van der Waals surface area contributed by atoms with E-state index in [0.29, 0.717) is 6.42 Å². The SMILES string of the molecule is Cl.O=C(Nc1cc(F)c(F)c(F)c1)[C@@H]1CCCN1. The molecular weight excluding hydrogens is 269 g/mol. The first-order valence-corrected chi connectivity index (χ1v) is 5.26. The summed E-state index contributed by atoms with van der Waals surface area (Å²) in [5, 5.41) is 5.29. The Morgan fingerprint density at radius 3 is 2.39 bits per heavy atom. The Labute approximate surface area is 108 Å². The topological polar surface area (TPSA) is 41.1 Å². The number of carbonyl (C=O) groups excluding carboxylic acids is 1. The molecule has 0 saturated carbocycles. The summed E-state index contributed by atoms with van der Waals surface area (Å²) in [7, 11) is 0. The Hall–Kier alpha value is -1.27. The second-order valence-corrected chi connectivity index (χ2v) is 3.89. The van der Waals surface area contributed by atoms with Crippen molar-refractivity contribution in [2.75, 3.05) is 11.9 Å². The van der Waals surface area contributed by atoms with Gasteiger partial charge < -0.3 is 10.6 Å². The molecule has 1 saturated heterocycles. The molecule has 18 heavy (non-hydrogen) atoms. The molecule has 1 aromatic rings. The molecule has 3 nitrogen and oxygen atoms in total. The fourth-order valence-electron chi connectivity index (χ4n) is 1.77. The molecule has 0 unspecified atom stereocenters. The van der Waals surface area contributed by atoms with Gasteiger partial charge in [-0.15, -0.1) is 12.4 Å². The van der Waals surface area contributed by atoms with Gasteiger partial charge in [-0.25, -0.2) is 13.2 Å². The van der Waals surface area contributed by atoms with Crippen molar-refractivity contribution in [3.63, 3.8) is 0 Å². The zero-order valence-corrected chi connectivity index (χ0v) is 10.1. The molecule has 0 spiro atoms. The molecule has 1 aliphatic heterocycles. The zero-order valence-electron chi connectivity index (χ0n) is 9.30. The van der Waals surface area contributed by atoms with Crippen LogP contribution < -0.4 is 10.6 Å². The van der Waals surface area contributed by atoms with Crippen LogP contribution in [0.4, 0.5) is 18.9 Å². The molecule has 0 bridgehead atoms. The van der Waals surface area contributed by atoms with Gasteiger partial charge in [0.2, 0.25) is 5.91 Å². The summed E-state index contributed by atoms with van der Waals surface area (Å²) in [4.78, 5) is 11.6. The van der Waals surface area contributed by atoms with Crippen LogP contribution in [0.3, 0.4) is 0 Å². The van der Waals surface area contributed by atoms with Crippen LogP contribution in [-0.2, 0) is 4.79 Å². The van der Waals surface area contributed by atoms with Crippen LogP contribution in [0.5, 0.6) is 0 Å². The van der Waals surface area contributed by atoms with Gasteiger partial charge in [0.25, 0.3) is 0 Å². The van der Waals surface area contributed by atoms with Crippen LogP contribution in [0.25, 0.3) is 0 Å². The van der Waals surface area contributed by atoms with Crippen molar-refractivity contribution in [3.8, 4) is 0 Å². The van der Waals surface area contributed by atoms with E-state index in [0.717, 1.165) is 25.1 Å². The normalized spacial score (nSPS) is 18.3. The lowest BCUT2D eigenvalue weighted by Gasteiger charge is -2.11. The van der Waals surface area contributed by atoms with Gasteiger partial charge >= 0.3 is 0 Å². The minimum absolute atomic E-state index is 0. The predicted molar refractivity (Wildman–Crippen MR) is 63.2 cm³/mol. The van der Waals surface area contributed by atoms with Crippen LogP contribution >= 0.6 is 12.4 Å². The second kappa shape index (κ2) is 6.06. The fraction of sp³-hybridized carbons (Fsp3) is 0.364. The van der Waals surface area contributed by atoms with E-state index in [9.17, 15) is 18.0 Å². The van der Waals surface area contributed by atoms with Gasteiger partial charge in [-0.1, -0.05) is 0 Å². The molecular formula is C11H12ClF3N2O. The molecule has 1 fully saturated rings. The van der Waals surface area contributed by atoms with Crippen LogP contribution in [0.2, 0.25) is 0 Å². The van der Waals surface area contributed by atoms with E-state index < -0.39 is 17.5 Å². The summed E-state index contributed by atoms with van der Waals surface area (Å²) >= 11 is 0. The van der Waals surface area contributed by atoms with Gasteiger partial charge in [0.1, 0.15) is 0 Å². The average Bonchev–Trinajstić information content (AvgIpc) is 2.79. The first-order valence-electron chi connectivity index (χ1n) is 5.26. The molecule has 100 valence electrons. The first kappa shape index (κ1) is 14.8. The molecule has 2 N–H and O–H groups in total. The lowest BCUT2D eigenvalue weighted by molar-refractivity contribution is -0.117. The van der Waals surface area contributed by atoms with E-state index in [1.807, 2.05) is 0 Å². The Kier molecular flexibility index (Phi) is 4.98. The third-order valence-corrected chi connectivity index (χ3v) is 2.63. The lowest BCUT2D eigenvalue weighted by atomic mass is 10.2. The number of nitrogens with one attached hydrogen (secondary N) is 2. The highest BCUT2D eigenvalue weighted by Crippen LogP contribution is 2.18. The van der Waals surface area contributed by atoms with E-state index in [2.05, 4.69) is 10.6 Å². The highest BCUT2D eigenvalue weighted by Gasteiger charge is 2.22. The molecule has 1 amide bonds. The molecule has 0 aromatic heterocycles. The summed E-state index contributed by atoms with van der Waals surface area (Å²) < 4.78 is 38.4. The third-order valence-electron chi connectivity index (χ3n) is 2.63. The number of hydrogen-bond donors (Lipinski definition) is 2. The van der Waals surface area contributed by atoms with E-state index in [4.69, 9.17) is 0 Å². The van der Waals surface area contributed by atoms with Crippen molar-refractivity contribution in [2.24, 2.45) is 0 Å². The molecule has 7 heteroatoms. The molecule has 2 rings (SSSR count). The highest BCUT2D eigenvalue weighted by molar-refractivity contribution is 5.95. The van der Waals surface area contributed by atoms with Crippen molar-refractivity contribution in [3.05, 3.63) is 29.6 Å². The molecule has 1 heterocycles. The van der Waals surface area contributed by atoms with Crippen molar-refractivity contribution in [1.29, 1.82) is 0 Å². The van der Waals surface area contributed by atoms with E-state index in [-0.39, 0.29) is 30.0 Å². The van der Waals surface area contributed by atoms with Crippen LogP contribution in [0.1, 0.15) is 12.8 Å². The number of anilines is 1. The largest absolute Gasteiger partial charge is 0.325 e. The maximum atomic E-state index is 12.9. The Bertz CT molecular complexity index is 427. The minimum atomic E-state index is -1.54. The monoisotopic (exact) mass is 280 g/mol. The standard InChI is InChI=1S/C11H11F3N2O.ClH/c12-7-4-6(5-8(13)10(7)14)16-11(17)9-2-1-3-15-9;/h4-5,9,15H,1-3H2,(H,16,17);1H/t9-;/m0./s1. The molecule has 0 radical (unpaired) electrons. The summed E-state index contributed by atoms with van der Waals surface area (Å²) in [5.41, 5.74) is -0.0832. The summed E-state index contributed by atoms with van der Waals surface area (Å²) in [6.45, 7) is 0.740. The number of rotatable bonds is 2. The predicted octanol–water partition coefficient (Wildman–Crippen LogP) is 2.22. The Morgan fingerprint density at radius 2 is 1.89 bits per heavy atom. The van der Waals surface area contributed by atoms with E-state index in [1.54, 1.807) is 0 Å². The highest BCUT2D eigenvalue weighted by atomic mass is 35.5. The maximum absolute atomic E-state index is 12.9. The number of halogens is 4.